The van der Waals surface area contributed by atoms with Crippen molar-refractivity contribution in [1.29, 1.82) is 0 Å². The molecule has 1 aliphatic rings. The number of aryl methyl sites for hydroxylation is 4. The van der Waals surface area contributed by atoms with E-state index in [1.807, 2.05) is 51.3 Å². The number of anilines is 1. The fourth-order valence-electron chi connectivity index (χ4n) is 4.76. The summed E-state index contributed by atoms with van der Waals surface area (Å²) in [7, 11) is 1.64. The molecule has 9 heteroatoms. The summed E-state index contributed by atoms with van der Waals surface area (Å²) < 4.78 is 12.7. The molecule has 34 heavy (non-hydrogen) atoms. The third-order valence-electron chi connectivity index (χ3n) is 6.80. The SMILES string of the molecule is COc1ccc(C)c(-n2c(N)c(C(=O)N3CCc4noc(C)c4C3)c3nc(C)c(C)nc32)c1C. The number of ether oxygens (including phenoxy) is 1. The van der Waals surface area contributed by atoms with Crippen molar-refractivity contribution in [3.8, 4) is 11.4 Å². The lowest BCUT2D eigenvalue weighted by Gasteiger charge is -2.26. The van der Waals surface area contributed by atoms with Gasteiger partial charge in [-0.25, -0.2) is 9.97 Å². The Kier molecular flexibility index (Phi) is 5.07. The van der Waals surface area contributed by atoms with E-state index in [0.717, 1.165) is 51.0 Å². The van der Waals surface area contributed by atoms with Gasteiger partial charge in [0.25, 0.3) is 5.91 Å². The van der Waals surface area contributed by atoms with Crippen molar-refractivity contribution in [2.24, 2.45) is 0 Å². The Morgan fingerprint density at radius 3 is 2.59 bits per heavy atom. The molecule has 4 heterocycles. The first-order valence-corrected chi connectivity index (χ1v) is 11.3. The smallest absolute Gasteiger partial charge is 0.260 e. The third kappa shape index (κ3) is 3.14. The van der Waals surface area contributed by atoms with Crippen LogP contribution in [0.3, 0.4) is 0 Å². The number of aromatic nitrogens is 4. The van der Waals surface area contributed by atoms with Crippen LogP contribution in [0, 0.1) is 34.6 Å². The highest BCUT2D eigenvalue weighted by Crippen LogP contribution is 2.37. The number of hydrogen-bond acceptors (Lipinski definition) is 7. The first-order chi connectivity index (χ1) is 16.2. The van der Waals surface area contributed by atoms with Gasteiger partial charge in [-0.2, -0.15) is 0 Å². The van der Waals surface area contributed by atoms with Gasteiger partial charge in [-0.15, -0.1) is 0 Å². The zero-order valence-corrected chi connectivity index (χ0v) is 20.3. The van der Waals surface area contributed by atoms with Crippen molar-refractivity contribution in [2.45, 2.75) is 47.6 Å². The normalized spacial score (nSPS) is 13.4. The molecule has 9 nitrogen and oxygen atoms in total. The summed E-state index contributed by atoms with van der Waals surface area (Å²) in [6, 6.07) is 3.90. The average Bonchev–Trinajstić information content (AvgIpc) is 3.31. The number of fused-ring (bicyclic) bond motifs is 2. The second-order valence-electron chi connectivity index (χ2n) is 8.86. The summed E-state index contributed by atoms with van der Waals surface area (Å²) in [4.78, 5) is 25.3. The Labute approximate surface area is 197 Å². The van der Waals surface area contributed by atoms with Crippen LogP contribution in [0.15, 0.2) is 16.7 Å². The molecular formula is C25H28N6O3. The van der Waals surface area contributed by atoms with Gasteiger partial charge in [-0.3, -0.25) is 9.36 Å². The van der Waals surface area contributed by atoms with Crippen LogP contribution >= 0.6 is 0 Å². The van der Waals surface area contributed by atoms with E-state index in [1.165, 1.54) is 0 Å². The summed E-state index contributed by atoms with van der Waals surface area (Å²) in [5.41, 5.74) is 14.3. The van der Waals surface area contributed by atoms with Gasteiger partial charge >= 0.3 is 0 Å². The lowest BCUT2D eigenvalue weighted by atomic mass is 10.0. The maximum absolute atomic E-state index is 13.9. The number of hydrogen-bond donors (Lipinski definition) is 1. The highest BCUT2D eigenvalue weighted by Gasteiger charge is 2.32. The maximum atomic E-state index is 13.9. The predicted octanol–water partition coefficient (Wildman–Crippen LogP) is 3.74. The Balaban J connectivity index is 1.74. The van der Waals surface area contributed by atoms with Crippen LogP contribution in [0.5, 0.6) is 5.75 Å². The molecule has 2 N–H and O–H groups in total. The number of nitrogens with two attached hydrogens (primary N) is 1. The zero-order chi connectivity index (χ0) is 24.3. The van der Waals surface area contributed by atoms with Gasteiger partial charge in [0.2, 0.25) is 0 Å². The summed E-state index contributed by atoms with van der Waals surface area (Å²) in [5.74, 6) is 1.61. The van der Waals surface area contributed by atoms with Crippen LogP contribution in [-0.4, -0.2) is 44.2 Å². The van der Waals surface area contributed by atoms with Gasteiger partial charge in [0.15, 0.2) is 5.65 Å². The maximum Gasteiger partial charge on any atom is 0.260 e. The number of rotatable bonds is 3. The molecule has 0 radical (unpaired) electrons. The minimum Gasteiger partial charge on any atom is -0.496 e. The summed E-state index contributed by atoms with van der Waals surface area (Å²) in [6.45, 7) is 10.6. The third-order valence-corrected chi connectivity index (χ3v) is 6.80. The quantitative estimate of drug-likeness (QED) is 0.496. The van der Waals surface area contributed by atoms with Crippen molar-refractivity contribution in [3.63, 3.8) is 0 Å². The highest BCUT2D eigenvalue weighted by molar-refractivity contribution is 6.10. The molecule has 0 saturated heterocycles. The molecule has 0 atom stereocenters. The van der Waals surface area contributed by atoms with Gasteiger partial charge in [-0.05, 0) is 46.2 Å². The van der Waals surface area contributed by atoms with Gasteiger partial charge in [0.05, 0.1) is 36.4 Å². The van der Waals surface area contributed by atoms with Crippen molar-refractivity contribution in [1.82, 2.24) is 24.6 Å². The van der Waals surface area contributed by atoms with Crippen LogP contribution in [0.4, 0.5) is 5.82 Å². The van der Waals surface area contributed by atoms with Crippen molar-refractivity contribution in [3.05, 3.63) is 57.2 Å². The minimum atomic E-state index is -0.178. The number of carbonyl (C=O) groups is 1. The fourth-order valence-corrected chi connectivity index (χ4v) is 4.76. The highest BCUT2D eigenvalue weighted by atomic mass is 16.5. The first kappa shape index (κ1) is 21.9. The lowest BCUT2D eigenvalue weighted by Crippen LogP contribution is -2.36. The molecule has 3 aromatic heterocycles. The van der Waals surface area contributed by atoms with Gasteiger partial charge < -0.3 is 19.9 Å². The van der Waals surface area contributed by atoms with E-state index >= 15 is 0 Å². The molecule has 0 bridgehead atoms. The van der Waals surface area contributed by atoms with Crippen LogP contribution in [-0.2, 0) is 13.0 Å². The van der Waals surface area contributed by atoms with Crippen LogP contribution in [0.1, 0.15) is 49.9 Å². The molecule has 0 spiro atoms. The Morgan fingerprint density at radius 1 is 1.12 bits per heavy atom. The average molecular weight is 461 g/mol. The van der Waals surface area contributed by atoms with Crippen molar-refractivity contribution in [2.75, 3.05) is 19.4 Å². The molecule has 0 fully saturated rings. The molecule has 1 amide bonds. The van der Waals surface area contributed by atoms with Gasteiger partial charge in [0.1, 0.15) is 28.4 Å². The molecule has 1 aromatic carbocycles. The number of carbonyl (C=O) groups excluding carboxylic acids is 1. The Bertz CT molecular complexity index is 1470. The standard InChI is InChI=1S/C25H28N6O3/c1-12-7-8-19(33-6)13(2)22(12)31-23(26)20(21-24(31)28-15(4)14(3)27-21)25(32)30-10-9-18-17(11-30)16(5)34-29-18/h7-8H,9-11,26H2,1-6H3. The minimum absolute atomic E-state index is 0.178. The topological polar surface area (TPSA) is 112 Å². The van der Waals surface area contributed by atoms with E-state index < -0.39 is 0 Å². The molecule has 4 aromatic rings. The largest absolute Gasteiger partial charge is 0.496 e. The second kappa shape index (κ2) is 7.86. The van der Waals surface area contributed by atoms with Gasteiger partial charge in [-0.1, -0.05) is 11.2 Å². The number of nitrogens with zero attached hydrogens (tertiary/aromatic N) is 5. The number of benzene rings is 1. The summed E-state index contributed by atoms with van der Waals surface area (Å²) in [6.07, 6.45) is 0.634. The van der Waals surface area contributed by atoms with E-state index in [1.54, 1.807) is 12.0 Å². The zero-order valence-electron chi connectivity index (χ0n) is 20.3. The van der Waals surface area contributed by atoms with Crippen molar-refractivity contribution >= 4 is 22.9 Å². The lowest BCUT2D eigenvalue weighted by molar-refractivity contribution is 0.0737. The number of nitrogen functional groups attached to an aromatic ring is 1. The molecule has 5 rings (SSSR count). The van der Waals surface area contributed by atoms with E-state index in [4.69, 9.17) is 25.0 Å². The fraction of sp³-hybridized carbons (Fsp3) is 0.360. The predicted molar refractivity (Wildman–Crippen MR) is 128 cm³/mol. The first-order valence-electron chi connectivity index (χ1n) is 11.3. The monoisotopic (exact) mass is 460 g/mol. The number of amides is 1. The summed E-state index contributed by atoms with van der Waals surface area (Å²) >= 11 is 0. The van der Waals surface area contributed by atoms with E-state index in [-0.39, 0.29) is 5.91 Å². The number of methoxy groups -OCH3 is 1. The van der Waals surface area contributed by atoms with E-state index in [9.17, 15) is 4.79 Å². The summed E-state index contributed by atoms with van der Waals surface area (Å²) in [5, 5.41) is 4.12. The van der Waals surface area contributed by atoms with Crippen LogP contribution < -0.4 is 10.5 Å². The van der Waals surface area contributed by atoms with E-state index in [2.05, 4.69) is 5.16 Å². The molecule has 0 unspecified atom stereocenters. The van der Waals surface area contributed by atoms with Crippen LogP contribution in [0.25, 0.3) is 16.9 Å². The Hall–Kier alpha value is -3.88. The van der Waals surface area contributed by atoms with Gasteiger partial charge in [0, 0.05) is 24.1 Å². The van der Waals surface area contributed by atoms with E-state index in [0.29, 0.717) is 42.1 Å². The molecule has 176 valence electrons. The Morgan fingerprint density at radius 2 is 1.85 bits per heavy atom. The second-order valence-corrected chi connectivity index (χ2v) is 8.86. The molecular weight excluding hydrogens is 432 g/mol. The molecule has 0 aliphatic carbocycles. The van der Waals surface area contributed by atoms with Crippen molar-refractivity contribution < 1.29 is 14.1 Å². The molecule has 1 aliphatic heterocycles. The van der Waals surface area contributed by atoms with Crippen LogP contribution in [0.2, 0.25) is 0 Å². The molecule has 0 saturated carbocycles.